The van der Waals surface area contributed by atoms with Crippen molar-refractivity contribution in [3.8, 4) is 0 Å². The molecule has 2 aromatic rings. The van der Waals surface area contributed by atoms with Gasteiger partial charge < -0.3 is 31.4 Å². The van der Waals surface area contributed by atoms with E-state index in [1.54, 1.807) is 0 Å². The fraction of sp³-hybridized carbons (Fsp3) is 0.720. The highest BCUT2D eigenvalue weighted by atomic mass is 16.6. The Hall–Kier alpha value is -3.03. The number of nitrogens with one attached hydrogen (secondary N) is 1. The SMILES string of the molecule is Nc1nc2c(ncn2COC(COC(=O)C2(N)CCCCCC2)COC(=O)C2(N)CCCCCC2)c(=O)[nH]1. The summed E-state index contributed by atoms with van der Waals surface area (Å²) in [5.41, 5.74) is 16.3. The fourth-order valence-corrected chi connectivity index (χ4v) is 5.15. The first-order valence-corrected chi connectivity index (χ1v) is 13.4. The number of hydrogen-bond acceptors (Lipinski definition) is 11. The number of nitrogens with zero attached hydrogens (tertiary/aromatic N) is 3. The molecule has 13 heteroatoms. The van der Waals surface area contributed by atoms with E-state index in [2.05, 4.69) is 15.0 Å². The van der Waals surface area contributed by atoms with Gasteiger partial charge in [-0.3, -0.25) is 23.9 Å². The zero-order valence-electron chi connectivity index (χ0n) is 21.8. The molecule has 0 amide bonds. The summed E-state index contributed by atoms with van der Waals surface area (Å²) in [6, 6.07) is 0. The first-order chi connectivity index (χ1) is 18.2. The van der Waals surface area contributed by atoms with Crippen LogP contribution in [-0.4, -0.2) is 61.9 Å². The summed E-state index contributed by atoms with van der Waals surface area (Å²) in [6.45, 7) is -0.454. The summed E-state index contributed by atoms with van der Waals surface area (Å²) >= 11 is 0. The first-order valence-electron chi connectivity index (χ1n) is 13.4. The second-order valence-corrected chi connectivity index (χ2v) is 10.6. The van der Waals surface area contributed by atoms with E-state index in [1.807, 2.05) is 0 Å². The van der Waals surface area contributed by atoms with Gasteiger partial charge in [-0.25, -0.2) is 4.98 Å². The molecule has 38 heavy (non-hydrogen) atoms. The van der Waals surface area contributed by atoms with Crippen LogP contribution in [0.4, 0.5) is 5.95 Å². The number of carbonyl (C=O) groups is 2. The molecule has 2 fully saturated rings. The number of ether oxygens (including phenoxy) is 3. The van der Waals surface area contributed by atoms with Gasteiger partial charge in [-0.2, -0.15) is 4.98 Å². The number of rotatable bonds is 9. The number of esters is 2. The smallest absolute Gasteiger partial charge is 0.326 e. The van der Waals surface area contributed by atoms with Crippen molar-refractivity contribution in [2.75, 3.05) is 18.9 Å². The Morgan fingerprint density at radius 3 is 1.92 bits per heavy atom. The second-order valence-electron chi connectivity index (χ2n) is 10.6. The highest BCUT2D eigenvalue weighted by molar-refractivity contribution is 5.81. The van der Waals surface area contributed by atoms with E-state index in [0.717, 1.165) is 51.4 Å². The normalized spacial score (nSPS) is 19.6. The topological polar surface area (TPSA) is 203 Å². The number of fused-ring (bicyclic) bond motifs is 1. The van der Waals surface area contributed by atoms with E-state index >= 15 is 0 Å². The Kier molecular flexibility index (Phi) is 9.00. The minimum Gasteiger partial charge on any atom is -0.461 e. The molecule has 2 heterocycles. The average molecular weight is 534 g/mol. The molecule has 0 aliphatic heterocycles. The lowest BCUT2D eigenvalue weighted by atomic mass is 9.91. The van der Waals surface area contributed by atoms with Crippen LogP contribution in [0.2, 0.25) is 0 Å². The zero-order valence-corrected chi connectivity index (χ0v) is 21.8. The summed E-state index contributed by atoms with van der Waals surface area (Å²) in [6.07, 6.45) is 10.4. The number of carbonyl (C=O) groups excluding carboxylic acids is 2. The predicted octanol–water partition coefficient (Wildman–Crippen LogP) is 1.23. The molecule has 0 bridgehead atoms. The van der Waals surface area contributed by atoms with Crippen LogP contribution < -0.4 is 22.8 Å². The number of H-pyrrole nitrogens is 1. The van der Waals surface area contributed by atoms with E-state index in [-0.39, 0.29) is 37.1 Å². The Labute approximate surface area is 220 Å². The lowest BCUT2D eigenvalue weighted by molar-refractivity contribution is -0.164. The minimum absolute atomic E-state index is 0.0584. The summed E-state index contributed by atoms with van der Waals surface area (Å²) < 4.78 is 18.6. The van der Waals surface area contributed by atoms with Crippen LogP contribution in [0.15, 0.2) is 11.1 Å². The quantitative estimate of drug-likeness (QED) is 0.266. The summed E-state index contributed by atoms with van der Waals surface area (Å²) in [5, 5.41) is 0. The third-order valence-corrected chi connectivity index (χ3v) is 7.55. The van der Waals surface area contributed by atoms with Crippen molar-refractivity contribution in [3.63, 3.8) is 0 Å². The van der Waals surface area contributed by atoms with E-state index in [4.69, 9.17) is 31.4 Å². The molecular weight excluding hydrogens is 494 g/mol. The highest BCUT2D eigenvalue weighted by Crippen LogP contribution is 2.27. The Morgan fingerprint density at radius 2 is 1.42 bits per heavy atom. The molecule has 210 valence electrons. The molecule has 2 aliphatic rings. The van der Waals surface area contributed by atoms with E-state index in [9.17, 15) is 14.4 Å². The number of imidazole rings is 1. The van der Waals surface area contributed by atoms with Crippen LogP contribution in [0.3, 0.4) is 0 Å². The van der Waals surface area contributed by atoms with Gasteiger partial charge in [-0.05, 0) is 25.7 Å². The van der Waals surface area contributed by atoms with Gasteiger partial charge >= 0.3 is 11.9 Å². The molecule has 2 aliphatic carbocycles. The molecule has 13 nitrogen and oxygen atoms in total. The van der Waals surface area contributed by atoms with Gasteiger partial charge in [0.25, 0.3) is 5.56 Å². The molecular formula is C25H39N7O6. The van der Waals surface area contributed by atoms with Crippen LogP contribution in [-0.2, 0) is 30.5 Å². The molecule has 0 unspecified atom stereocenters. The minimum atomic E-state index is -1.04. The molecule has 0 spiro atoms. The number of nitrogens with two attached hydrogens (primary N) is 3. The highest BCUT2D eigenvalue weighted by Gasteiger charge is 2.38. The van der Waals surface area contributed by atoms with Crippen LogP contribution >= 0.6 is 0 Å². The Bertz CT molecular complexity index is 1120. The number of hydrogen-bond donors (Lipinski definition) is 4. The van der Waals surface area contributed by atoms with Crippen molar-refractivity contribution < 1.29 is 23.8 Å². The van der Waals surface area contributed by atoms with Crippen molar-refractivity contribution in [2.24, 2.45) is 11.5 Å². The molecule has 7 N–H and O–H groups in total. The predicted molar refractivity (Wildman–Crippen MR) is 139 cm³/mol. The average Bonchev–Trinajstić information content (AvgIpc) is 3.02. The largest absolute Gasteiger partial charge is 0.461 e. The third-order valence-electron chi connectivity index (χ3n) is 7.55. The summed E-state index contributed by atoms with van der Waals surface area (Å²) in [7, 11) is 0. The Morgan fingerprint density at radius 1 is 0.921 bits per heavy atom. The van der Waals surface area contributed by atoms with Gasteiger partial charge in [0.05, 0.1) is 6.33 Å². The standard InChI is InChI=1S/C25H39N7O6/c26-23-30-19-18(20(33)31-23)29-15-32(19)16-38-17(13-36-21(34)24(27)9-5-1-2-6-10-24)14-37-22(35)25(28)11-7-3-4-8-12-25/h15,17H,1-14,16,27-28H2,(H3,26,30,31,33). The maximum absolute atomic E-state index is 12.9. The van der Waals surface area contributed by atoms with Gasteiger partial charge in [-0.15, -0.1) is 0 Å². The molecule has 0 saturated heterocycles. The first kappa shape index (κ1) is 28.0. The van der Waals surface area contributed by atoms with Crippen LogP contribution in [0.1, 0.15) is 77.0 Å². The molecule has 0 aromatic carbocycles. The van der Waals surface area contributed by atoms with Gasteiger partial charge in [0.15, 0.2) is 11.2 Å². The molecule has 4 rings (SSSR count). The summed E-state index contributed by atoms with van der Waals surface area (Å²) in [4.78, 5) is 48.5. The third kappa shape index (κ3) is 6.69. The van der Waals surface area contributed by atoms with E-state index < -0.39 is 34.7 Å². The zero-order chi connectivity index (χ0) is 27.2. The number of aromatic amines is 1. The Balaban J connectivity index is 1.43. The molecule has 0 radical (unpaired) electrons. The van der Waals surface area contributed by atoms with Crippen molar-refractivity contribution >= 4 is 29.1 Å². The molecule has 2 saturated carbocycles. The maximum Gasteiger partial charge on any atom is 0.326 e. The van der Waals surface area contributed by atoms with Gasteiger partial charge in [0.2, 0.25) is 5.95 Å². The van der Waals surface area contributed by atoms with Crippen molar-refractivity contribution in [1.29, 1.82) is 0 Å². The van der Waals surface area contributed by atoms with Crippen LogP contribution in [0.5, 0.6) is 0 Å². The lowest BCUT2D eigenvalue weighted by Crippen LogP contribution is -2.50. The van der Waals surface area contributed by atoms with Crippen LogP contribution in [0.25, 0.3) is 11.2 Å². The van der Waals surface area contributed by atoms with Gasteiger partial charge in [0, 0.05) is 0 Å². The number of nitrogen functional groups attached to an aromatic ring is 1. The van der Waals surface area contributed by atoms with Gasteiger partial charge in [0.1, 0.15) is 37.1 Å². The van der Waals surface area contributed by atoms with Crippen molar-refractivity contribution in [3.05, 3.63) is 16.7 Å². The lowest BCUT2D eigenvalue weighted by Gasteiger charge is -2.28. The molecule has 0 atom stereocenters. The number of anilines is 1. The molecule has 2 aromatic heterocycles. The monoisotopic (exact) mass is 533 g/mol. The fourth-order valence-electron chi connectivity index (χ4n) is 5.15. The van der Waals surface area contributed by atoms with Crippen molar-refractivity contribution in [2.45, 2.75) is 101 Å². The van der Waals surface area contributed by atoms with E-state index in [1.165, 1.54) is 10.9 Å². The van der Waals surface area contributed by atoms with Crippen molar-refractivity contribution in [1.82, 2.24) is 19.5 Å². The van der Waals surface area contributed by atoms with E-state index in [0.29, 0.717) is 25.7 Å². The number of aromatic nitrogens is 4. The van der Waals surface area contributed by atoms with Gasteiger partial charge in [-0.1, -0.05) is 51.4 Å². The summed E-state index contributed by atoms with van der Waals surface area (Å²) in [5.74, 6) is -1.04. The van der Waals surface area contributed by atoms with Crippen LogP contribution in [0, 0.1) is 0 Å². The second kappa shape index (κ2) is 12.2. The maximum atomic E-state index is 12.9.